The van der Waals surface area contributed by atoms with E-state index < -0.39 is 0 Å². The molecule has 1 aliphatic carbocycles. The average Bonchev–Trinajstić information content (AvgIpc) is 2.14. The normalized spacial score (nSPS) is 46.6. The smallest absolute Gasteiger partial charge is 0.0671 e. The van der Waals surface area contributed by atoms with E-state index in [1.54, 1.807) is 0 Å². The first-order valence-corrected chi connectivity index (χ1v) is 6.60. The van der Waals surface area contributed by atoms with Crippen molar-refractivity contribution >= 4 is 11.8 Å². The van der Waals surface area contributed by atoms with Crippen LogP contribution in [0.15, 0.2) is 0 Å². The monoisotopic (exact) mass is 199 g/mol. The van der Waals surface area contributed by atoms with Crippen molar-refractivity contribution in [3.05, 3.63) is 0 Å². The van der Waals surface area contributed by atoms with E-state index in [4.69, 9.17) is 0 Å². The van der Waals surface area contributed by atoms with E-state index in [1.807, 2.05) is 0 Å². The highest BCUT2D eigenvalue weighted by atomic mass is 32.2. The average molecular weight is 199 g/mol. The molecule has 1 saturated carbocycles. The fourth-order valence-electron chi connectivity index (χ4n) is 2.77. The van der Waals surface area contributed by atoms with Gasteiger partial charge in [-0.05, 0) is 49.8 Å². The number of rotatable bonds is 0. The van der Waals surface area contributed by atoms with E-state index in [1.165, 1.54) is 38.0 Å². The minimum Gasteiger partial charge on any atom is -0.303 e. The van der Waals surface area contributed by atoms with Crippen LogP contribution in [0.5, 0.6) is 0 Å². The second-order valence-electron chi connectivity index (χ2n) is 4.80. The van der Waals surface area contributed by atoms with Crippen molar-refractivity contribution in [1.29, 1.82) is 0 Å². The summed E-state index contributed by atoms with van der Waals surface area (Å²) in [7, 11) is 0. The Balaban J connectivity index is 2.03. The van der Waals surface area contributed by atoms with Crippen LogP contribution in [0.2, 0.25) is 0 Å². The van der Waals surface area contributed by atoms with Crippen molar-refractivity contribution in [2.75, 3.05) is 12.3 Å². The predicted octanol–water partition coefficient (Wildman–Crippen LogP) is 2.87. The summed E-state index contributed by atoms with van der Waals surface area (Å²) in [6.45, 7) is 6.07. The van der Waals surface area contributed by atoms with E-state index in [-0.39, 0.29) is 0 Å². The van der Waals surface area contributed by atoms with Gasteiger partial charge in [-0.3, -0.25) is 0 Å². The van der Waals surface area contributed by atoms with Crippen molar-refractivity contribution in [1.82, 2.24) is 5.32 Å². The molecule has 2 aliphatic rings. The molecule has 76 valence electrons. The molecule has 13 heavy (non-hydrogen) atoms. The van der Waals surface area contributed by atoms with Crippen LogP contribution in [0, 0.1) is 11.8 Å². The Kier molecular flexibility index (Phi) is 2.89. The summed E-state index contributed by atoms with van der Waals surface area (Å²) >= 11 is 2.19. The zero-order valence-electron chi connectivity index (χ0n) is 8.81. The van der Waals surface area contributed by atoms with E-state index in [0.717, 1.165) is 11.8 Å². The van der Waals surface area contributed by atoms with Crippen LogP contribution in [0.1, 0.15) is 39.5 Å². The molecule has 0 bridgehead atoms. The molecule has 2 fully saturated rings. The molecule has 1 spiro atoms. The van der Waals surface area contributed by atoms with Crippen LogP contribution in [-0.4, -0.2) is 17.2 Å². The number of hydrogen-bond acceptors (Lipinski definition) is 2. The summed E-state index contributed by atoms with van der Waals surface area (Å²) in [4.78, 5) is 0.463. The molecule has 1 heterocycles. The number of nitrogens with one attached hydrogen (secondary N) is 1. The largest absolute Gasteiger partial charge is 0.303 e. The van der Waals surface area contributed by atoms with Crippen LogP contribution in [0.4, 0.5) is 0 Å². The maximum atomic E-state index is 3.77. The molecular formula is C11H21NS. The number of thioether (sulfide) groups is 1. The second kappa shape index (κ2) is 3.82. The van der Waals surface area contributed by atoms with Crippen molar-refractivity contribution in [2.45, 2.75) is 44.4 Å². The SMILES string of the molecule is CC1CCC2(NCCCS2)C(C)C1. The van der Waals surface area contributed by atoms with Gasteiger partial charge in [0.05, 0.1) is 4.87 Å². The summed E-state index contributed by atoms with van der Waals surface area (Å²) in [5, 5.41) is 3.77. The first-order chi connectivity index (χ1) is 6.23. The maximum absolute atomic E-state index is 3.77. The van der Waals surface area contributed by atoms with Crippen molar-refractivity contribution in [2.24, 2.45) is 11.8 Å². The molecule has 0 radical (unpaired) electrons. The van der Waals surface area contributed by atoms with Crippen LogP contribution in [-0.2, 0) is 0 Å². The second-order valence-corrected chi connectivity index (χ2v) is 6.22. The highest BCUT2D eigenvalue weighted by molar-refractivity contribution is 8.00. The van der Waals surface area contributed by atoms with E-state index in [2.05, 4.69) is 30.9 Å². The van der Waals surface area contributed by atoms with Gasteiger partial charge < -0.3 is 5.32 Å². The topological polar surface area (TPSA) is 12.0 Å². The van der Waals surface area contributed by atoms with E-state index in [9.17, 15) is 0 Å². The minimum absolute atomic E-state index is 0.463. The first kappa shape index (κ1) is 9.85. The summed E-state index contributed by atoms with van der Waals surface area (Å²) in [5.41, 5.74) is 0. The third-order valence-corrected chi connectivity index (χ3v) is 5.42. The Morgan fingerprint density at radius 1 is 1.38 bits per heavy atom. The van der Waals surface area contributed by atoms with E-state index in [0.29, 0.717) is 4.87 Å². The summed E-state index contributed by atoms with van der Waals surface area (Å²) in [5.74, 6) is 3.18. The summed E-state index contributed by atoms with van der Waals surface area (Å²) in [6.07, 6.45) is 5.58. The molecule has 0 aromatic heterocycles. The molecule has 0 aromatic rings. The quantitative estimate of drug-likeness (QED) is 0.644. The Bertz CT molecular complexity index is 175. The summed E-state index contributed by atoms with van der Waals surface area (Å²) in [6, 6.07) is 0. The molecule has 2 rings (SSSR count). The molecule has 3 unspecified atom stereocenters. The zero-order valence-corrected chi connectivity index (χ0v) is 9.62. The predicted molar refractivity (Wildman–Crippen MR) is 60.0 cm³/mol. The van der Waals surface area contributed by atoms with Gasteiger partial charge in [-0.15, -0.1) is 11.8 Å². The lowest BCUT2D eigenvalue weighted by atomic mass is 9.79. The lowest BCUT2D eigenvalue weighted by Crippen LogP contribution is -2.53. The van der Waals surface area contributed by atoms with Gasteiger partial charge in [0, 0.05) is 0 Å². The zero-order chi connectivity index (χ0) is 9.31. The molecule has 1 saturated heterocycles. The fraction of sp³-hybridized carbons (Fsp3) is 1.00. The Hall–Kier alpha value is 0.310. The molecule has 1 N–H and O–H groups in total. The van der Waals surface area contributed by atoms with Crippen molar-refractivity contribution < 1.29 is 0 Å². The molecule has 3 atom stereocenters. The van der Waals surface area contributed by atoms with Gasteiger partial charge in [0.2, 0.25) is 0 Å². The van der Waals surface area contributed by atoms with Gasteiger partial charge in [0.1, 0.15) is 0 Å². The van der Waals surface area contributed by atoms with Gasteiger partial charge in [-0.1, -0.05) is 13.8 Å². The van der Waals surface area contributed by atoms with E-state index >= 15 is 0 Å². The molecule has 0 amide bonds. The third kappa shape index (κ3) is 1.89. The molecule has 1 aliphatic heterocycles. The Morgan fingerprint density at radius 2 is 2.23 bits per heavy atom. The molecule has 1 nitrogen and oxygen atoms in total. The summed E-state index contributed by atoms with van der Waals surface area (Å²) < 4.78 is 0. The van der Waals surface area contributed by atoms with Crippen molar-refractivity contribution in [3.63, 3.8) is 0 Å². The highest BCUT2D eigenvalue weighted by Gasteiger charge is 2.41. The van der Waals surface area contributed by atoms with Gasteiger partial charge in [-0.2, -0.15) is 0 Å². The van der Waals surface area contributed by atoms with Gasteiger partial charge >= 0.3 is 0 Å². The lowest BCUT2D eigenvalue weighted by molar-refractivity contribution is 0.198. The van der Waals surface area contributed by atoms with Gasteiger partial charge in [0.15, 0.2) is 0 Å². The molecule has 2 heteroatoms. The van der Waals surface area contributed by atoms with Crippen LogP contribution in [0.25, 0.3) is 0 Å². The minimum atomic E-state index is 0.463. The Morgan fingerprint density at radius 3 is 2.85 bits per heavy atom. The van der Waals surface area contributed by atoms with Crippen LogP contribution in [0.3, 0.4) is 0 Å². The fourth-order valence-corrected chi connectivity index (χ4v) is 4.27. The standard InChI is InChI=1S/C11H21NS/c1-9-4-5-11(10(2)8-9)12-6-3-7-13-11/h9-10,12H,3-8H2,1-2H3. The molecule has 0 aromatic carbocycles. The highest BCUT2D eigenvalue weighted by Crippen LogP contribution is 2.45. The Labute approximate surface area is 86.0 Å². The van der Waals surface area contributed by atoms with Crippen LogP contribution < -0.4 is 5.32 Å². The molecular weight excluding hydrogens is 178 g/mol. The maximum Gasteiger partial charge on any atom is 0.0671 e. The van der Waals surface area contributed by atoms with Crippen LogP contribution >= 0.6 is 11.8 Å². The van der Waals surface area contributed by atoms with Gasteiger partial charge in [-0.25, -0.2) is 0 Å². The third-order valence-electron chi connectivity index (χ3n) is 3.67. The van der Waals surface area contributed by atoms with Crippen molar-refractivity contribution in [3.8, 4) is 0 Å². The number of hydrogen-bond donors (Lipinski definition) is 1. The lowest BCUT2D eigenvalue weighted by Gasteiger charge is -2.47. The van der Waals surface area contributed by atoms with Gasteiger partial charge in [0.25, 0.3) is 0 Å². The first-order valence-electron chi connectivity index (χ1n) is 5.62.